The van der Waals surface area contributed by atoms with Crippen LogP contribution in [0.25, 0.3) is 0 Å². The van der Waals surface area contributed by atoms with Crippen molar-refractivity contribution in [2.45, 2.75) is 0 Å². The van der Waals surface area contributed by atoms with Crippen molar-refractivity contribution in [1.82, 2.24) is 10.3 Å². The summed E-state index contributed by atoms with van der Waals surface area (Å²) in [6, 6.07) is 3.46. The van der Waals surface area contributed by atoms with Crippen LogP contribution in [0.3, 0.4) is 0 Å². The molecule has 0 bridgehead atoms. The minimum Gasteiger partial charge on any atom is -0.464 e. The van der Waals surface area contributed by atoms with Crippen molar-refractivity contribution in [2.24, 2.45) is 0 Å². The molecule has 0 unspecified atom stereocenters. The summed E-state index contributed by atoms with van der Waals surface area (Å²) < 4.78 is 4.60. The molecule has 19 heavy (non-hydrogen) atoms. The highest BCUT2D eigenvalue weighted by Gasteiger charge is 2.23. The predicted molar refractivity (Wildman–Crippen MR) is 68.2 cm³/mol. The van der Waals surface area contributed by atoms with Gasteiger partial charge in [-0.2, -0.15) is 5.26 Å². The number of nitriles is 1. The van der Waals surface area contributed by atoms with E-state index in [1.54, 1.807) is 4.90 Å². The average molecular weight is 257 g/mol. The van der Waals surface area contributed by atoms with E-state index >= 15 is 0 Å². The molecule has 0 saturated carbocycles. The Morgan fingerprint density at radius 3 is 3.00 bits per heavy atom. The Kier molecular flexibility index (Phi) is 3.08. The number of nitrogen functional groups attached to an aromatic ring is 1. The molecule has 2 heterocycles. The molecular weight excluding hydrogens is 246 g/mol. The molecule has 1 aliphatic heterocycles. The minimum absolute atomic E-state index is 0.247. The van der Waals surface area contributed by atoms with E-state index < -0.39 is 5.97 Å². The smallest absolute Gasteiger partial charge is 0.356 e. The fourth-order valence-corrected chi connectivity index (χ4v) is 1.56. The highest BCUT2D eigenvalue weighted by molar-refractivity contribution is 5.90. The van der Waals surface area contributed by atoms with E-state index in [-0.39, 0.29) is 5.70 Å². The number of ether oxygens (including phenoxy) is 1. The summed E-state index contributed by atoms with van der Waals surface area (Å²) in [5, 5.41) is 11.6. The van der Waals surface area contributed by atoms with E-state index in [4.69, 9.17) is 11.0 Å². The van der Waals surface area contributed by atoms with E-state index in [1.807, 2.05) is 6.07 Å². The van der Waals surface area contributed by atoms with Gasteiger partial charge in [0.15, 0.2) is 0 Å². The molecule has 0 aliphatic carbocycles. The maximum atomic E-state index is 11.4. The molecule has 7 nitrogen and oxygen atoms in total. The van der Waals surface area contributed by atoms with Crippen molar-refractivity contribution in [3.8, 4) is 6.07 Å². The number of aromatic nitrogens is 1. The van der Waals surface area contributed by atoms with Crippen LogP contribution in [0, 0.1) is 11.3 Å². The molecule has 1 aliphatic rings. The fraction of sp³-hybridized carbons (Fsp3) is 0.0833. The van der Waals surface area contributed by atoms with Crippen LogP contribution >= 0.6 is 0 Å². The van der Waals surface area contributed by atoms with Gasteiger partial charge < -0.3 is 15.8 Å². The number of nitrogens with zero attached hydrogens (tertiary/aromatic N) is 3. The lowest BCUT2D eigenvalue weighted by Crippen LogP contribution is -2.20. The Labute approximate surface area is 109 Å². The molecule has 0 atom stereocenters. The first-order valence-electron chi connectivity index (χ1n) is 5.27. The molecule has 0 saturated heterocycles. The normalized spacial score (nSPS) is 13.6. The van der Waals surface area contributed by atoms with E-state index in [1.165, 1.54) is 25.6 Å². The van der Waals surface area contributed by atoms with Gasteiger partial charge in [0, 0.05) is 18.5 Å². The first-order valence-corrected chi connectivity index (χ1v) is 5.27. The maximum Gasteiger partial charge on any atom is 0.356 e. The maximum absolute atomic E-state index is 11.4. The second-order valence-corrected chi connectivity index (χ2v) is 3.72. The van der Waals surface area contributed by atoms with Crippen LogP contribution < -0.4 is 16.0 Å². The largest absolute Gasteiger partial charge is 0.464 e. The number of hydrogen-bond donors (Lipinski definition) is 2. The van der Waals surface area contributed by atoms with Crippen LogP contribution in [0.15, 0.2) is 36.6 Å². The predicted octanol–water partition coefficient (Wildman–Crippen LogP) is 0.431. The molecule has 2 rings (SSSR count). The molecule has 96 valence electrons. The van der Waals surface area contributed by atoms with Gasteiger partial charge in [0.25, 0.3) is 0 Å². The number of anilines is 2. The van der Waals surface area contributed by atoms with Gasteiger partial charge in [-0.3, -0.25) is 4.90 Å². The summed E-state index contributed by atoms with van der Waals surface area (Å²) >= 11 is 0. The number of nitrogens with one attached hydrogen (secondary N) is 1. The fourth-order valence-electron chi connectivity index (χ4n) is 1.56. The zero-order valence-corrected chi connectivity index (χ0v) is 10.2. The lowest BCUT2D eigenvalue weighted by Gasteiger charge is -2.15. The van der Waals surface area contributed by atoms with Crippen LogP contribution in [0.2, 0.25) is 0 Å². The lowest BCUT2D eigenvalue weighted by atomic mass is 10.2. The van der Waals surface area contributed by atoms with Gasteiger partial charge in [-0.05, 0) is 0 Å². The van der Waals surface area contributed by atoms with Crippen LogP contribution in [0.1, 0.15) is 5.56 Å². The summed E-state index contributed by atoms with van der Waals surface area (Å²) in [5.41, 5.74) is 6.56. The second-order valence-electron chi connectivity index (χ2n) is 3.72. The van der Waals surface area contributed by atoms with Crippen LogP contribution in [-0.4, -0.2) is 18.1 Å². The SMILES string of the molecule is C=C1NC(C(=O)OC)=CN1c1cc(N)c(C#N)cn1. The van der Waals surface area contributed by atoms with Gasteiger partial charge in [0.1, 0.15) is 23.4 Å². The second kappa shape index (κ2) is 4.70. The molecule has 1 aromatic rings. The minimum atomic E-state index is -0.509. The van der Waals surface area contributed by atoms with Gasteiger partial charge in [0.05, 0.1) is 18.4 Å². The van der Waals surface area contributed by atoms with Gasteiger partial charge in [-0.1, -0.05) is 6.58 Å². The third kappa shape index (κ3) is 2.19. The Balaban J connectivity index is 2.35. The van der Waals surface area contributed by atoms with E-state index in [2.05, 4.69) is 21.6 Å². The van der Waals surface area contributed by atoms with Crippen molar-refractivity contribution in [3.05, 3.63) is 42.1 Å². The zero-order valence-electron chi connectivity index (χ0n) is 10.2. The number of rotatable bonds is 2. The number of carbonyl (C=O) groups is 1. The summed E-state index contributed by atoms with van der Waals surface area (Å²) in [4.78, 5) is 17.0. The van der Waals surface area contributed by atoms with Crippen molar-refractivity contribution < 1.29 is 9.53 Å². The van der Waals surface area contributed by atoms with Crippen molar-refractivity contribution in [2.75, 3.05) is 17.7 Å². The Morgan fingerprint density at radius 1 is 1.68 bits per heavy atom. The third-order valence-corrected chi connectivity index (χ3v) is 2.52. The Morgan fingerprint density at radius 2 is 2.42 bits per heavy atom. The standard InChI is InChI=1S/C12H11N5O2/c1-7-16-10(12(18)19-2)6-17(7)11-3-9(14)8(4-13)5-15-11/h3,5-6,16H,1H2,2H3,(H2,14,15). The number of carbonyl (C=O) groups excluding carboxylic acids is 1. The van der Waals surface area contributed by atoms with Crippen LogP contribution in [-0.2, 0) is 9.53 Å². The van der Waals surface area contributed by atoms with Gasteiger partial charge >= 0.3 is 5.97 Å². The molecule has 0 radical (unpaired) electrons. The van der Waals surface area contributed by atoms with E-state index in [0.717, 1.165) is 0 Å². The molecular formula is C12H11N5O2. The summed E-state index contributed by atoms with van der Waals surface area (Å²) in [7, 11) is 1.29. The summed E-state index contributed by atoms with van der Waals surface area (Å²) in [5.74, 6) is 0.384. The summed E-state index contributed by atoms with van der Waals surface area (Å²) in [6.07, 6.45) is 2.86. The first kappa shape index (κ1) is 12.4. The van der Waals surface area contributed by atoms with Crippen LogP contribution in [0.5, 0.6) is 0 Å². The van der Waals surface area contributed by atoms with Crippen molar-refractivity contribution in [1.29, 1.82) is 5.26 Å². The van der Waals surface area contributed by atoms with Crippen LogP contribution in [0.4, 0.5) is 11.5 Å². The van der Waals surface area contributed by atoms with Gasteiger partial charge in [0.2, 0.25) is 0 Å². The molecule has 7 heteroatoms. The number of nitrogens with two attached hydrogens (primary N) is 1. The average Bonchev–Trinajstić information content (AvgIpc) is 2.80. The molecule has 3 N–H and O–H groups in total. The van der Waals surface area contributed by atoms with Crippen molar-refractivity contribution in [3.63, 3.8) is 0 Å². The highest BCUT2D eigenvalue weighted by Crippen LogP contribution is 2.24. The highest BCUT2D eigenvalue weighted by atomic mass is 16.5. The zero-order chi connectivity index (χ0) is 14.0. The topological polar surface area (TPSA) is 104 Å². The van der Waals surface area contributed by atoms with E-state index in [0.29, 0.717) is 22.9 Å². The first-order chi connectivity index (χ1) is 9.06. The monoisotopic (exact) mass is 257 g/mol. The van der Waals surface area contributed by atoms with E-state index in [9.17, 15) is 4.79 Å². The van der Waals surface area contributed by atoms with Crippen molar-refractivity contribution >= 4 is 17.5 Å². The quantitative estimate of drug-likeness (QED) is 0.740. The summed E-state index contributed by atoms with van der Waals surface area (Å²) in [6.45, 7) is 3.76. The Hall–Kier alpha value is -3.01. The number of pyridine rings is 1. The molecule has 0 amide bonds. The van der Waals surface area contributed by atoms with Gasteiger partial charge in [-0.15, -0.1) is 0 Å². The number of hydrogen-bond acceptors (Lipinski definition) is 7. The molecule has 0 spiro atoms. The molecule has 1 aromatic heterocycles. The number of esters is 1. The molecule has 0 aromatic carbocycles. The number of methoxy groups -OCH3 is 1. The van der Waals surface area contributed by atoms with Gasteiger partial charge in [-0.25, -0.2) is 9.78 Å². The third-order valence-electron chi connectivity index (χ3n) is 2.52. The molecule has 0 fully saturated rings. The Bertz CT molecular complexity index is 629. The lowest BCUT2D eigenvalue weighted by molar-refractivity contribution is -0.136.